The predicted octanol–water partition coefficient (Wildman–Crippen LogP) is 5.57. The van der Waals surface area contributed by atoms with E-state index in [-0.39, 0.29) is 34.8 Å². The molecule has 3 aromatic rings. The molecular formula is C30H28ClN3O5. The van der Waals surface area contributed by atoms with Crippen LogP contribution in [0.4, 0.5) is 0 Å². The molecule has 1 aliphatic heterocycles. The van der Waals surface area contributed by atoms with Crippen molar-refractivity contribution >= 4 is 28.7 Å². The van der Waals surface area contributed by atoms with E-state index in [1.807, 2.05) is 42.5 Å². The number of aromatic nitrogens is 2. The summed E-state index contributed by atoms with van der Waals surface area (Å²) in [5.41, 5.74) is 5.16. The van der Waals surface area contributed by atoms with Gasteiger partial charge in [-0.15, -0.1) is 0 Å². The van der Waals surface area contributed by atoms with Crippen LogP contribution < -0.4 is 10.4 Å². The highest BCUT2D eigenvalue weighted by atomic mass is 35.5. The molecule has 0 unspecified atom stereocenters. The summed E-state index contributed by atoms with van der Waals surface area (Å²) in [6, 6.07) is 10.7. The number of halogens is 1. The van der Waals surface area contributed by atoms with Gasteiger partial charge in [-0.3, -0.25) is 9.78 Å². The van der Waals surface area contributed by atoms with Crippen LogP contribution in [0.5, 0.6) is 17.4 Å². The maximum atomic E-state index is 13.3. The average Bonchev–Trinajstić information content (AvgIpc) is 3.33. The van der Waals surface area contributed by atoms with Crippen molar-refractivity contribution in [2.75, 3.05) is 13.7 Å². The monoisotopic (exact) mass is 545 g/mol. The molecule has 9 heteroatoms. The lowest BCUT2D eigenvalue weighted by Gasteiger charge is -2.18. The van der Waals surface area contributed by atoms with Gasteiger partial charge in [0.25, 0.3) is 5.91 Å². The molecule has 8 nitrogen and oxygen atoms in total. The zero-order valence-electron chi connectivity index (χ0n) is 21.5. The summed E-state index contributed by atoms with van der Waals surface area (Å²) in [4.78, 5) is 31.9. The molecule has 0 radical (unpaired) electrons. The number of hydrogen-bond donors (Lipinski definition) is 4. The molecule has 0 spiro atoms. The van der Waals surface area contributed by atoms with Gasteiger partial charge in [-0.1, -0.05) is 60.5 Å². The van der Waals surface area contributed by atoms with Crippen molar-refractivity contribution in [3.63, 3.8) is 0 Å². The first kappa shape index (κ1) is 26.2. The summed E-state index contributed by atoms with van der Waals surface area (Å²) in [5, 5.41) is 21.3. The highest BCUT2D eigenvalue weighted by Crippen LogP contribution is 2.37. The van der Waals surface area contributed by atoms with Crippen LogP contribution in [0.15, 0.2) is 76.6 Å². The highest BCUT2D eigenvalue weighted by Gasteiger charge is 2.29. The number of imidazole rings is 1. The third-order valence-electron chi connectivity index (χ3n) is 6.98. The first-order valence-corrected chi connectivity index (χ1v) is 12.9. The third-order valence-corrected chi connectivity index (χ3v) is 7.28. The van der Waals surface area contributed by atoms with Gasteiger partial charge in [0.15, 0.2) is 0 Å². The lowest BCUT2D eigenvalue weighted by molar-refractivity contribution is 0.0798. The number of benzene rings is 2. The Morgan fingerprint density at radius 1 is 1.13 bits per heavy atom. The smallest absolute Gasteiger partial charge is 0.326 e. The number of carbonyl (C=O) groups is 1. The van der Waals surface area contributed by atoms with Crippen molar-refractivity contribution in [3.8, 4) is 17.4 Å². The number of ether oxygens (including phenoxy) is 1. The van der Waals surface area contributed by atoms with E-state index in [9.17, 15) is 19.8 Å². The molecule has 0 atom stereocenters. The van der Waals surface area contributed by atoms with Gasteiger partial charge in [0.05, 0.1) is 12.1 Å². The zero-order valence-corrected chi connectivity index (χ0v) is 22.3. The molecule has 39 heavy (non-hydrogen) atoms. The van der Waals surface area contributed by atoms with Crippen LogP contribution in [0.25, 0.3) is 11.1 Å². The number of para-hydroxylation sites is 1. The maximum Gasteiger partial charge on any atom is 0.326 e. The number of nitrogens with one attached hydrogen (secondary N) is 2. The number of allylic oxidation sites excluding steroid dienone is 7. The van der Waals surface area contributed by atoms with E-state index < -0.39 is 5.69 Å². The number of nitrogens with zero attached hydrogens (tertiary/aromatic N) is 1. The van der Waals surface area contributed by atoms with Crippen LogP contribution in [-0.4, -0.2) is 44.6 Å². The highest BCUT2D eigenvalue weighted by molar-refractivity contribution is 6.32. The Bertz CT molecular complexity index is 1640. The molecule has 0 saturated heterocycles. The van der Waals surface area contributed by atoms with Gasteiger partial charge in [-0.2, -0.15) is 0 Å². The second kappa shape index (κ2) is 10.7. The van der Waals surface area contributed by atoms with Gasteiger partial charge >= 0.3 is 5.69 Å². The van der Waals surface area contributed by atoms with E-state index >= 15 is 0 Å². The van der Waals surface area contributed by atoms with Gasteiger partial charge in [-0.25, -0.2) is 4.79 Å². The molecule has 1 aliphatic carbocycles. The number of hydrogen-bond acceptors (Lipinski definition) is 5. The van der Waals surface area contributed by atoms with Crippen molar-refractivity contribution in [1.82, 2.24) is 14.9 Å². The SMILES string of the molecule is CCC1=CC(C=C(CN2Cc3ccc(OC)cc3C2=O)c2[nH]c(=O)[nH]c2O)=CC=C(c2cccc(Cl)c2O)C1. The minimum absolute atomic E-state index is 0.0347. The van der Waals surface area contributed by atoms with Crippen molar-refractivity contribution in [1.29, 1.82) is 0 Å². The van der Waals surface area contributed by atoms with E-state index in [2.05, 4.69) is 16.9 Å². The lowest BCUT2D eigenvalue weighted by Crippen LogP contribution is -2.26. The summed E-state index contributed by atoms with van der Waals surface area (Å²) in [6.07, 6.45) is 9.11. The van der Waals surface area contributed by atoms with Crippen LogP contribution in [0.3, 0.4) is 0 Å². The van der Waals surface area contributed by atoms with Crippen LogP contribution in [-0.2, 0) is 6.54 Å². The Kier molecular flexibility index (Phi) is 7.21. The first-order chi connectivity index (χ1) is 18.8. The van der Waals surface area contributed by atoms with Crippen LogP contribution >= 0.6 is 11.6 Å². The van der Waals surface area contributed by atoms with E-state index in [0.29, 0.717) is 35.4 Å². The summed E-state index contributed by atoms with van der Waals surface area (Å²) >= 11 is 6.16. The van der Waals surface area contributed by atoms with E-state index in [1.165, 1.54) is 0 Å². The quantitative estimate of drug-likeness (QED) is 0.310. The number of fused-ring (bicyclic) bond motifs is 1. The third kappa shape index (κ3) is 5.28. The maximum absolute atomic E-state index is 13.3. The van der Waals surface area contributed by atoms with Crippen molar-refractivity contribution in [3.05, 3.63) is 110 Å². The van der Waals surface area contributed by atoms with E-state index in [1.54, 1.807) is 30.2 Å². The largest absolute Gasteiger partial charge is 0.506 e. The number of H-pyrrole nitrogens is 2. The molecule has 0 bridgehead atoms. The minimum Gasteiger partial charge on any atom is -0.506 e. The fourth-order valence-electron chi connectivity index (χ4n) is 4.92. The van der Waals surface area contributed by atoms with Gasteiger partial charge in [0.1, 0.15) is 17.2 Å². The average molecular weight is 546 g/mol. The zero-order chi connectivity index (χ0) is 27.7. The molecule has 200 valence electrons. The first-order valence-electron chi connectivity index (χ1n) is 12.5. The van der Waals surface area contributed by atoms with Crippen molar-refractivity contribution in [2.45, 2.75) is 26.3 Å². The molecule has 2 aliphatic rings. The molecular weight excluding hydrogens is 518 g/mol. The fraction of sp³-hybridized carbons (Fsp3) is 0.200. The topological polar surface area (TPSA) is 119 Å². The van der Waals surface area contributed by atoms with Gasteiger partial charge in [0.2, 0.25) is 5.88 Å². The summed E-state index contributed by atoms with van der Waals surface area (Å²) in [6.45, 7) is 2.59. The molecule has 1 amide bonds. The molecule has 4 N–H and O–H groups in total. The molecule has 2 heterocycles. The standard InChI is InChI=1S/C30H28ClN3O5/c1-3-17-11-18(7-8-19(12-17)23-5-4-6-25(31)27(23)35)13-21(26-28(36)33-30(38)32-26)16-34-15-20-9-10-22(39-2)14-24(20)29(34)37/h4-11,13-14,35-36H,3,12,15-16H2,1-2H3,(H2,32,33,38). The molecule has 1 aromatic heterocycles. The summed E-state index contributed by atoms with van der Waals surface area (Å²) < 4.78 is 5.28. The second-order valence-electron chi connectivity index (χ2n) is 9.48. The number of phenolic OH excluding ortho intramolecular Hbond substituents is 1. The Morgan fingerprint density at radius 2 is 1.95 bits per heavy atom. The number of aromatic hydroxyl groups is 2. The Labute approximate surface area is 230 Å². The van der Waals surface area contributed by atoms with Crippen LogP contribution in [0.2, 0.25) is 5.02 Å². The van der Waals surface area contributed by atoms with Crippen LogP contribution in [0.1, 0.15) is 46.9 Å². The van der Waals surface area contributed by atoms with Crippen molar-refractivity contribution < 1.29 is 19.7 Å². The van der Waals surface area contributed by atoms with Crippen molar-refractivity contribution in [2.24, 2.45) is 0 Å². The van der Waals surface area contributed by atoms with E-state index in [0.717, 1.165) is 28.7 Å². The number of carbonyl (C=O) groups excluding carboxylic acids is 1. The molecule has 0 saturated carbocycles. The second-order valence-corrected chi connectivity index (χ2v) is 9.89. The minimum atomic E-state index is -0.549. The summed E-state index contributed by atoms with van der Waals surface area (Å²) in [5.74, 6) is 0.172. The molecule has 0 fully saturated rings. The van der Waals surface area contributed by atoms with Gasteiger partial charge in [-0.05, 0) is 53.8 Å². The Balaban J connectivity index is 1.54. The number of methoxy groups -OCH3 is 1. The normalized spacial score (nSPS) is 15.5. The number of aromatic amines is 2. The molecule has 5 rings (SSSR count). The van der Waals surface area contributed by atoms with E-state index in [4.69, 9.17) is 16.3 Å². The van der Waals surface area contributed by atoms with Gasteiger partial charge < -0.3 is 24.8 Å². The number of rotatable bonds is 7. The summed E-state index contributed by atoms with van der Waals surface area (Å²) in [7, 11) is 1.55. The predicted molar refractivity (Wildman–Crippen MR) is 151 cm³/mol. The molecule has 2 aromatic carbocycles. The Morgan fingerprint density at radius 3 is 2.67 bits per heavy atom. The number of phenols is 1. The van der Waals surface area contributed by atoms with Gasteiger partial charge in [0, 0.05) is 29.8 Å². The van der Waals surface area contributed by atoms with Crippen LogP contribution in [0, 0.1) is 0 Å². The Hall–Kier alpha value is -4.43. The lowest BCUT2D eigenvalue weighted by atomic mass is 9.96. The fourth-order valence-corrected chi connectivity index (χ4v) is 5.09. The number of amides is 1.